The zero-order chi connectivity index (χ0) is 35.3. The van der Waals surface area contributed by atoms with Gasteiger partial charge in [-0.25, -0.2) is 9.36 Å². The van der Waals surface area contributed by atoms with E-state index in [0.717, 1.165) is 78.0 Å². The van der Waals surface area contributed by atoms with Gasteiger partial charge < -0.3 is 9.47 Å². The first kappa shape index (κ1) is 33.2. The van der Waals surface area contributed by atoms with Crippen molar-refractivity contribution in [3.05, 3.63) is 169 Å². The van der Waals surface area contributed by atoms with Gasteiger partial charge in [-0.3, -0.25) is 9.80 Å². The lowest BCUT2D eigenvalue weighted by Crippen LogP contribution is -2.46. The molecule has 8 nitrogen and oxygen atoms in total. The van der Waals surface area contributed by atoms with Crippen molar-refractivity contribution < 1.29 is 9.47 Å². The van der Waals surface area contributed by atoms with Gasteiger partial charge in [-0.2, -0.15) is 10.2 Å². The third kappa shape index (κ3) is 6.99. The summed E-state index contributed by atoms with van der Waals surface area (Å²) in [6.45, 7) is 3.39. The van der Waals surface area contributed by atoms with E-state index in [1.54, 1.807) is 14.2 Å². The van der Waals surface area contributed by atoms with E-state index in [1.807, 2.05) is 45.8 Å². The lowest BCUT2D eigenvalue weighted by atomic mass is 10.0. The van der Waals surface area contributed by atoms with Crippen LogP contribution < -0.4 is 9.47 Å². The van der Waals surface area contributed by atoms with Crippen LogP contribution in [0.1, 0.15) is 29.3 Å². The molecular weight excluding hydrogens is 645 g/mol. The van der Waals surface area contributed by atoms with Crippen molar-refractivity contribution in [1.29, 1.82) is 0 Å². The van der Waals surface area contributed by atoms with E-state index in [0.29, 0.717) is 0 Å². The molecule has 1 fully saturated rings. The number of rotatable bonds is 11. The maximum absolute atomic E-state index is 5.48. The van der Waals surface area contributed by atoms with E-state index >= 15 is 0 Å². The quantitative estimate of drug-likeness (QED) is 0.136. The summed E-state index contributed by atoms with van der Waals surface area (Å²) in [7, 11) is 3.39. The first-order valence-corrected chi connectivity index (χ1v) is 17.8. The third-order valence-corrected chi connectivity index (χ3v) is 9.78. The summed E-state index contributed by atoms with van der Waals surface area (Å²) in [5.41, 5.74) is 9.75. The van der Waals surface area contributed by atoms with Crippen molar-refractivity contribution in [3.63, 3.8) is 0 Å². The Kier molecular flexibility index (Phi) is 9.65. The molecule has 0 amide bonds. The fourth-order valence-electron chi connectivity index (χ4n) is 7.23. The van der Waals surface area contributed by atoms with Crippen molar-refractivity contribution in [3.8, 4) is 45.4 Å². The Morgan fingerprint density at radius 2 is 0.923 bits per heavy atom. The molecule has 0 aliphatic carbocycles. The minimum absolute atomic E-state index is 0.0440. The molecule has 260 valence electrons. The molecule has 7 aromatic rings. The predicted molar refractivity (Wildman–Crippen MR) is 206 cm³/mol. The first-order valence-electron chi connectivity index (χ1n) is 17.8. The lowest BCUT2D eigenvalue weighted by molar-refractivity contribution is -0.00891. The van der Waals surface area contributed by atoms with Crippen LogP contribution in [0.2, 0.25) is 0 Å². The summed E-state index contributed by atoms with van der Waals surface area (Å²) in [6.07, 6.45) is 5.48. The Balaban J connectivity index is 1.17. The molecule has 3 heterocycles. The minimum atomic E-state index is 0.0440. The van der Waals surface area contributed by atoms with Crippen molar-refractivity contribution in [1.82, 2.24) is 29.4 Å². The monoisotopic (exact) mass is 686 g/mol. The molecular formula is C44H42N6O2. The fraction of sp³-hybridized carbons (Fsp3) is 0.182. The van der Waals surface area contributed by atoms with Crippen LogP contribution in [0.25, 0.3) is 33.9 Å². The minimum Gasteiger partial charge on any atom is -0.497 e. The number of ether oxygens (including phenoxy) is 2. The van der Waals surface area contributed by atoms with Gasteiger partial charge in [-0.1, -0.05) is 66.7 Å². The molecule has 0 bridgehead atoms. The van der Waals surface area contributed by atoms with Crippen LogP contribution in [0.3, 0.4) is 0 Å². The molecule has 0 atom stereocenters. The van der Waals surface area contributed by atoms with Gasteiger partial charge in [0, 0.05) is 60.8 Å². The van der Waals surface area contributed by atoms with Gasteiger partial charge in [-0.05, 0) is 84.8 Å². The molecule has 1 aliphatic rings. The molecule has 0 spiro atoms. The van der Waals surface area contributed by atoms with Gasteiger partial charge in [-0.15, -0.1) is 0 Å². The zero-order valence-electron chi connectivity index (χ0n) is 29.5. The molecule has 52 heavy (non-hydrogen) atoms. The third-order valence-electron chi connectivity index (χ3n) is 9.78. The summed E-state index contributed by atoms with van der Waals surface area (Å²) in [6, 6.07) is 48.0. The number of nitrogens with zero attached hydrogens (tertiary/aromatic N) is 6. The molecule has 0 saturated carbocycles. The van der Waals surface area contributed by atoms with Crippen LogP contribution in [0.5, 0.6) is 11.5 Å². The summed E-state index contributed by atoms with van der Waals surface area (Å²) in [5, 5.41) is 10.3. The second-order valence-corrected chi connectivity index (χ2v) is 13.1. The molecule has 8 rings (SSSR count). The molecule has 5 aromatic carbocycles. The highest BCUT2D eigenvalue weighted by molar-refractivity contribution is 5.65. The topological polar surface area (TPSA) is 60.6 Å². The second-order valence-electron chi connectivity index (χ2n) is 13.1. The first-order chi connectivity index (χ1) is 25.7. The summed E-state index contributed by atoms with van der Waals surface area (Å²) >= 11 is 0. The molecule has 0 N–H and O–H groups in total. The average molecular weight is 687 g/mol. The molecule has 0 unspecified atom stereocenters. The molecule has 2 aromatic heterocycles. The van der Waals surface area contributed by atoms with E-state index in [2.05, 4.69) is 125 Å². The normalized spacial score (nSPS) is 14.0. The number of aromatic nitrogens is 4. The van der Waals surface area contributed by atoms with Crippen molar-refractivity contribution in [2.75, 3.05) is 27.3 Å². The average Bonchev–Trinajstić information content (AvgIpc) is 3.84. The van der Waals surface area contributed by atoms with Gasteiger partial charge in [0.15, 0.2) is 0 Å². The highest BCUT2D eigenvalue weighted by atomic mass is 16.5. The zero-order valence-corrected chi connectivity index (χ0v) is 29.5. The number of methoxy groups -OCH3 is 2. The fourth-order valence-corrected chi connectivity index (χ4v) is 7.23. The van der Waals surface area contributed by atoms with Crippen LogP contribution >= 0.6 is 0 Å². The van der Waals surface area contributed by atoms with Gasteiger partial charge in [0.25, 0.3) is 0 Å². The predicted octanol–water partition coefficient (Wildman–Crippen LogP) is 8.82. The standard InChI is InChI=1S/C44H42N6O2/c1-51-40-23-19-33(20-24-40)42-36(31-49(45-42)38-15-8-4-9-16-38)29-47-27-12-28-48(44(47)35-13-6-3-7-14-35)30-37-32-50(39-17-10-5-11-18-39)46-43(37)34-21-25-41(52-2)26-22-34/h3-11,13-26,31-32,44H,12,27-30H2,1-2H3. The Bertz CT molecular complexity index is 2060. The van der Waals surface area contributed by atoms with Crippen LogP contribution in [-0.2, 0) is 13.1 Å². The number of para-hydroxylation sites is 2. The molecule has 1 saturated heterocycles. The molecule has 0 radical (unpaired) electrons. The van der Waals surface area contributed by atoms with E-state index in [4.69, 9.17) is 19.7 Å². The highest BCUT2D eigenvalue weighted by Crippen LogP contribution is 2.36. The summed E-state index contributed by atoms with van der Waals surface area (Å²) in [4.78, 5) is 5.21. The van der Waals surface area contributed by atoms with Crippen molar-refractivity contribution in [2.45, 2.75) is 25.7 Å². The van der Waals surface area contributed by atoms with Crippen LogP contribution in [0.4, 0.5) is 0 Å². The van der Waals surface area contributed by atoms with E-state index in [1.165, 1.54) is 16.7 Å². The number of benzene rings is 5. The highest BCUT2D eigenvalue weighted by Gasteiger charge is 2.33. The lowest BCUT2D eigenvalue weighted by Gasteiger charge is -2.44. The van der Waals surface area contributed by atoms with Gasteiger partial charge in [0.05, 0.1) is 43.1 Å². The smallest absolute Gasteiger partial charge is 0.118 e. The molecule has 1 aliphatic heterocycles. The largest absolute Gasteiger partial charge is 0.497 e. The van der Waals surface area contributed by atoms with Crippen LogP contribution in [-0.4, -0.2) is 56.7 Å². The van der Waals surface area contributed by atoms with Crippen LogP contribution in [0, 0.1) is 0 Å². The summed E-state index contributed by atoms with van der Waals surface area (Å²) in [5.74, 6) is 1.65. The summed E-state index contributed by atoms with van der Waals surface area (Å²) < 4.78 is 15.0. The Morgan fingerprint density at radius 3 is 1.33 bits per heavy atom. The van der Waals surface area contributed by atoms with E-state index < -0.39 is 0 Å². The van der Waals surface area contributed by atoms with Gasteiger partial charge in [0.1, 0.15) is 11.5 Å². The Labute approximate surface area is 305 Å². The molecule has 8 heteroatoms. The Hall–Kier alpha value is -5.96. The van der Waals surface area contributed by atoms with Gasteiger partial charge >= 0.3 is 0 Å². The van der Waals surface area contributed by atoms with Gasteiger partial charge in [0.2, 0.25) is 0 Å². The number of hydrogen-bond donors (Lipinski definition) is 0. The van der Waals surface area contributed by atoms with E-state index in [-0.39, 0.29) is 6.17 Å². The maximum Gasteiger partial charge on any atom is 0.118 e. The second kappa shape index (κ2) is 15.1. The number of hydrogen-bond acceptors (Lipinski definition) is 6. The van der Waals surface area contributed by atoms with Crippen molar-refractivity contribution in [2.24, 2.45) is 0 Å². The maximum atomic E-state index is 5.48. The van der Waals surface area contributed by atoms with Crippen LogP contribution in [0.15, 0.2) is 152 Å². The van der Waals surface area contributed by atoms with E-state index in [9.17, 15) is 0 Å². The SMILES string of the molecule is COc1ccc(-c2nn(-c3ccccc3)cc2CN2CCCN(Cc3cn(-c4ccccc4)nc3-c3ccc(OC)cc3)C2c2ccccc2)cc1. The van der Waals surface area contributed by atoms with Crippen molar-refractivity contribution >= 4 is 0 Å². The Morgan fingerprint density at radius 1 is 0.519 bits per heavy atom.